The summed E-state index contributed by atoms with van der Waals surface area (Å²) in [5.74, 6) is -0.198. The van der Waals surface area contributed by atoms with Crippen molar-refractivity contribution in [3.63, 3.8) is 0 Å². The van der Waals surface area contributed by atoms with Crippen molar-refractivity contribution in [2.45, 2.75) is 45.6 Å². The maximum atomic E-state index is 11.0. The van der Waals surface area contributed by atoms with Crippen LogP contribution in [0.1, 0.15) is 44.6 Å². The summed E-state index contributed by atoms with van der Waals surface area (Å²) in [6, 6.07) is 8.18. The number of hydrogen-bond acceptors (Lipinski definition) is 3. The van der Waals surface area contributed by atoms with Crippen molar-refractivity contribution in [2.75, 3.05) is 19.7 Å². The van der Waals surface area contributed by atoms with E-state index in [1.165, 1.54) is 37.9 Å². The summed E-state index contributed by atoms with van der Waals surface area (Å²) in [4.78, 5) is 13.5. The van der Waals surface area contributed by atoms with E-state index in [9.17, 15) is 4.79 Å². The summed E-state index contributed by atoms with van der Waals surface area (Å²) in [5, 5.41) is 9.04. The summed E-state index contributed by atoms with van der Waals surface area (Å²) in [6.07, 6.45) is 5.14. The average Bonchev–Trinajstić information content (AvgIpc) is 2.52. The molecule has 0 bridgehead atoms. The van der Waals surface area contributed by atoms with Crippen molar-refractivity contribution in [3.8, 4) is 5.75 Å². The molecule has 1 aliphatic rings. The molecule has 4 heteroatoms. The number of ether oxygens (including phenoxy) is 1. The number of carboxylic acid groups (broad SMARTS) is 1. The van der Waals surface area contributed by atoms with E-state index >= 15 is 0 Å². The molecule has 1 aromatic rings. The second kappa shape index (κ2) is 8.79. The first-order chi connectivity index (χ1) is 10.7. The van der Waals surface area contributed by atoms with Gasteiger partial charge < -0.3 is 9.84 Å². The Morgan fingerprint density at radius 3 is 2.77 bits per heavy atom. The highest BCUT2D eigenvalue weighted by Gasteiger charge is 2.15. The monoisotopic (exact) mass is 305 g/mol. The van der Waals surface area contributed by atoms with Gasteiger partial charge in [0.05, 0.1) is 12.5 Å². The lowest BCUT2D eigenvalue weighted by molar-refractivity contribution is -0.142. The van der Waals surface area contributed by atoms with Crippen LogP contribution in [0.5, 0.6) is 5.75 Å². The average molecular weight is 305 g/mol. The Labute approximate surface area is 133 Å². The normalized spacial score (nSPS) is 17.1. The largest absolute Gasteiger partial charge is 0.494 e. The van der Waals surface area contributed by atoms with Crippen LogP contribution in [0, 0.1) is 5.92 Å². The third-order valence-corrected chi connectivity index (χ3v) is 4.33. The molecule has 2 rings (SSSR count). The quantitative estimate of drug-likeness (QED) is 0.798. The smallest absolute Gasteiger partial charge is 0.306 e. The van der Waals surface area contributed by atoms with E-state index in [4.69, 9.17) is 9.84 Å². The number of hydrogen-bond donors (Lipinski definition) is 1. The van der Waals surface area contributed by atoms with E-state index in [2.05, 4.69) is 17.0 Å². The first-order valence-corrected chi connectivity index (χ1v) is 8.36. The fourth-order valence-corrected chi connectivity index (χ4v) is 2.93. The highest BCUT2D eigenvalue weighted by atomic mass is 16.5. The molecule has 1 atom stereocenters. The van der Waals surface area contributed by atoms with E-state index in [0.29, 0.717) is 19.4 Å². The predicted molar refractivity (Wildman–Crippen MR) is 87.1 cm³/mol. The molecule has 0 amide bonds. The molecule has 22 heavy (non-hydrogen) atoms. The minimum absolute atomic E-state index is 0.309. The van der Waals surface area contributed by atoms with Gasteiger partial charge in [-0.05, 0) is 56.5 Å². The van der Waals surface area contributed by atoms with E-state index < -0.39 is 5.97 Å². The zero-order valence-corrected chi connectivity index (χ0v) is 13.5. The maximum Gasteiger partial charge on any atom is 0.306 e. The van der Waals surface area contributed by atoms with Gasteiger partial charge in [0.2, 0.25) is 0 Å². The molecule has 1 heterocycles. The SMILES string of the molecule is CCC(CCOc1cccc(CN2CCCCC2)c1)C(=O)O. The highest BCUT2D eigenvalue weighted by Crippen LogP contribution is 2.18. The zero-order valence-electron chi connectivity index (χ0n) is 13.5. The Balaban J connectivity index is 1.81. The van der Waals surface area contributed by atoms with E-state index in [1.54, 1.807) is 0 Å². The molecule has 0 aromatic heterocycles. The van der Waals surface area contributed by atoms with Gasteiger partial charge in [0.25, 0.3) is 0 Å². The lowest BCUT2D eigenvalue weighted by atomic mass is 10.0. The Hall–Kier alpha value is -1.55. The molecule has 1 aromatic carbocycles. The molecule has 1 fully saturated rings. The van der Waals surface area contributed by atoms with E-state index in [-0.39, 0.29) is 5.92 Å². The highest BCUT2D eigenvalue weighted by molar-refractivity contribution is 5.69. The standard InChI is InChI=1S/C18H27NO3/c1-2-16(18(20)21)9-12-22-17-8-6-7-15(13-17)14-19-10-4-3-5-11-19/h6-8,13,16H,2-5,9-12,14H2,1H3,(H,20,21). The van der Waals surface area contributed by atoms with Gasteiger partial charge in [-0.25, -0.2) is 0 Å². The van der Waals surface area contributed by atoms with E-state index in [1.807, 2.05) is 19.1 Å². The van der Waals surface area contributed by atoms with Crippen molar-refractivity contribution in [2.24, 2.45) is 5.92 Å². The molecule has 0 saturated carbocycles. The Bertz CT molecular complexity index is 469. The van der Waals surface area contributed by atoms with Crippen LogP contribution in [0.3, 0.4) is 0 Å². The first kappa shape index (κ1) is 16.8. The van der Waals surface area contributed by atoms with Crippen molar-refractivity contribution in [3.05, 3.63) is 29.8 Å². The van der Waals surface area contributed by atoms with Crippen LogP contribution in [-0.2, 0) is 11.3 Å². The van der Waals surface area contributed by atoms with Crippen LogP contribution in [0.25, 0.3) is 0 Å². The van der Waals surface area contributed by atoms with Crippen molar-refractivity contribution >= 4 is 5.97 Å². The summed E-state index contributed by atoms with van der Waals surface area (Å²) in [6.45, 7) is 5.70. The zero-order chi connectivity index (χ0) is 15.8. The molecule has 1 unspecified atom stereocenters. The van der Waals surface area contributed by atoms with Gasteiger partial charge in [-0.3, -0.25) is 9.69 Å². The number of nitrogens with zero attached hydrogens (tertiary/aromatic N) is 1. The summed E-state index contributed by atoms with van der Waals surface area (Å²) in [7, 11) is 0. The molecule has 0 aliphatic carbocycles. The minimum atomic E-state index is -0.732. The molecule has 1 N–H and O–H groups in total. The second-order valence-electron chi connectivity index (χ2n) is 6.06. The summed E-state index contributed by atoms with van der Waals surface area (Å²) in [5.41, 5.74) is 1.27. The van der Waals surface area contributed by atoms with Crippen LogP contribution in [-0.4, -0.2) is 35.7 Å². The molecule has 0 radical (unpaired) electrons. The summed E-state index contributed by atoms with van der Waals surface area (Å²) < 4.78 is 5.74. The van der Waals surface area contributed by atoms with Gasteiger partial charge in [0.1, 0.15) is 5.75 Å². The topological polar surface area (TPSA) is 49.8 Å². The van der Waals surface area contributed by atoms with Gasteiger partial charge in [0.15, 0.2) is 0 Å². The van der Waals surface area contributed by atoms with Crippen LogP contribution < -0.4 is 4.74 Å². The first-order valence-electron chi connectivity index (χ1n) is 8.36. The lowest BCUT2D eigenvalue weighted by Crippen LogP contribution is -2.29. The fraction of sp³-hybridized carbons (Fsp3) is 0.611. The van der Waals surface area contributed by atoms with Crippen molar-refractivity contribution in [1.82, 2.24) is 4.90 Å². The number of carbonyl (C=O) groups is 1. The number of aliphatic carboxylic acids is 1. The Morgan fingerprint density at radius 1 is 1.32 bits per heavy atom. The van der Waals surface area contributed by atoms with Gasteiger partial charge in [-0.2, -0.15) is 0 Å². The van der Waals surface area contributed by atoms with Crippen LogP contribution in [0.15, 0.2) is 24.3 Å². The van der Waals surface area contributed by atoms with Crippen molar-refractivity contribution < 1.29 is 14.6 Å². The van der Waals surface area contributed by atoms with E-state index in [0.717, 1.165) is 12.3 Å². The molecular weight excluding hydrogens is 278 g/mol. The molecule has 1 saturated heterocycles. The number of carboxylic acids is 1. The molecule has 4 nitrogen and oxygen atoms in total. The number of rotatable bonds is 8. The molecule has 1 aliphatic heterocycles. The third kappa shape index (κ3) is 5.34. The fourth-order valence-electron chi connectivity index (χ4n) is 2.93. The number of piperidine rings is 1. The van der Waals surface area contributed by atoms with Crippen LogP contribution in [0.4, 0.5) is 0 Å². The maximum absolute atomic E-state index is 11.0. The summed E-state index contributed by atoms with van der Waals surface area (Å²) >= 11 is 0. The van der Waals surface area contributed by atoms with Crippen LogP contribution in [0.2, 0.25) is 0 Å². The predicted octanol–water partition coefficient (Wildman–Crippen LogP) is 3.55. The molecule has 0 spiro atoms. The van der Waals surface area contributed by atoms with Crippen molar-refractivity contribution in [1.29, 1.82) is 0 Å². The van der Waals surface area contributed by atoms with Gasteiger partial charge in [0, 0.05) is 6.54 Å². The Morgan fingerprint density at radius 2 is 2.09 bits per heavy atom. The lowest BCUT2D eigenvalue weighted by Gasteiger charge is -2.26. The number of likely N-dealkylation sites (tertiary alicyclic amines) is 1. The number of benzene rings is 1. The minimum Gasteiger partial charge on any atom is -0.494 e. The molecule has 122 valence electrons. The van der Waals surface area contributed by atoms with Gasteiger partial charge in [-0.15, -0.1) is 0 Å². The third-order valence-electron chi connectivity index (χ3n) is 4.33. The van der Waals surface area contributed by atoms with Gasteiger partial charge >= 0.3 is 5.97 Å². The second-order valence-corrected chi connectivity index (χ2v) is 6.06. The Kier molecular flexibility index (Phi) is 6.72. The molecular formula is C18H27NO3. The van der Waals surface area contributed by atoms with Gasteiger partial charge in [-0.1, -0.05) is 25.5 Å². The van der Waals surface area contributed by atoms with Crippen LogP contribution >= 0.6 is 0 Å².